The Hall–Kier alpha value is -2.68. The fourth-order valence-corrected chi connectivity index (χ4v) is 4.17. The van der Waals surface area contributed by atoms with Crippen LogP contribution in [0.5, 0.6) is 0 Å². The van der Waals surface area contributed by atoms with Gasteiger partial charge in [-0.15, -0.1) is 0 Å². The molecule has 1 aliphatic heterocycles. The van der Waals surface area contributed by atoms with Crippen LogP contribution >= 0.6 is 11.8 Å². The highest BCUT2D eigenvalue weighted by Crippen LogP contribution is 2.43. The van der Waals surface area contributed by atoms with Crippen molar-refractivity contribution in [2.75, 3.05) is 6.61 Å². The number of esters is 1. The molecule has 30 heavy (non-hydrogen) atoms. The minimum absolute atomic E-state index is 0.0300. The number of nitrogens with zero attached hydrogens (tertiary/aromatic N) is 2. The van der Waals surface area contributed by atoms with E-state index in [4.69, 9.17) is 4.74 Å². The molecule has 0 saturated heterocycles. The molecule has 0 saturated carbocycles. The highest BCUT2D eigenvalue weighted by molar-refractivity contribution is 8.14. The number of aliphatic imine (C=N–C) groups is 1. The lowest BCUT2D eigenvalue weighted by molar-refractivity contribution is -0.384. The van der Waals surface area contributed by atoms with E-state index in [-0.39, 0.29) is 18.2 Å². The molecule has 0 aromatic heterocycles. The van der Waals surface area contributed by atoms with Gasteiger partial charge >= 0.3 is 5.97 Å². The first-order valence-corrected chi connectivity index (χ1v) is 11.0. The minimum Gasteiger partial charge on any atom is -0.463 e. The highest BCUT2D eigenvalue weighted by atomic mass is 32.2. The van der Waals surface area contributed by atoms with Gasteiger partial charge in [-0.05, 0) is 31.7 Å². The van der Waals surface area contributed by atoms with Gasteiger partial charge in [0.2, 0.25) is 5.91 Å². The number of amides is 1. The summed E-state index contributed by atoms with van der Waals surface area (Å²) in [6.07, 6.45) is 3.40. The van der Waals surface area contributed by atoms with Crippen molar-refractivity contribution in [1.29, 1.82) is 0 Å². The topological polar surface area (TPSA) is 111 Å². The zero-order valence-corrected chi connectivity index (χ0v) is 18.3. The second kappa shape index (κ2) is 11.5. The smallest absolute Gasteiger partial charge is 0.337 e. The molecular formula is C21H27N3O5S. The largest absolute Gasteiger partial charge is 0.463 e. The summed E-state index contributed by atoms with van der Waals surface area (Å²) in [5.41, 5.74) is 1.69. The molecule has 1 amide bonds. The number of thioether (sulfide) groups is 1. The number of non-ortho nitro benzene ring substituents is 1. The van der Waals surface area contributed by atoms with Crippen LogP contribution in [-0.2, 0) is 14.3 Å². The van der Waals surface area contributed by atoms with Gasteiger partial charge in [0.05, 0.1) is 28.1 Å². The van der Waals surface area contributed by atoms with Crippen LogP contribution in [-0.4, -0.2) is 28.6 Å². The predicted molar refractivity (Wildman–Crippen MR) is 117 cm³/mol. The molecule has 1 unspecified atom stereocenters. The van der Waals surface area contributed by atoms with E-state index in [2.05, 4.69) is 10.3 Å². The van der Waals surface area contributed by atoms with Gasteiger partial charge in [-0.25, -0.2) is 9.79 Å². The van der Waals surface area contributed by atoms with Crippen LogP contribution in [0.3, 0.4) is 0 Å². The first-order valence-electron chi connectivity index (χ1n) is 10.1. The second-order valence-electron chi connectivity index (χ2n) is 6.75. The zero-order chi connectivity index (χ0) is 22.1. The molecule has 1 N–H and O–H groups in total. The fraction of sp³-hybridized carbons (Fsp3) is 0.476. The average Bonchev–Trinajstić information content (AvgIpc) is 2.72. The van der Waals surface area contributed by atoms with Crippen LogP contribution in [0.25, 0.3) is 0 Å². The molecule has 9 heteroatoms. The van der Waals surface area contributed by atoms with Gasteiger partial charge in [-0.2, -0.15) is 0 Å². The summed E-state index contributed by atoms with van der Waals surface area (Å²) in [6, 6.07) is 6.07. The minimum atomic E-state index is -0.480. The Labute approximate surface area is 180 Å². The summed E-state index contributed by atoms with van der Waals surface area (Å²) in [4.78, 5) is 40.0. The van der Waals surface area contributed by atoms with Crippen molar-refractivity contribution in [2.45, 2.75) is 58.1 Å². The van der Waals surface area contributed by atoms with Gasteiger partial charge in [0.1, 0.15) is 0 Å². The maximum Gasteiger partial charge on any atom is 0.337 e. The number of unbranched alkanes of at least 4 members (excludes halogenated alkanes) is 1. The number of amidine groups is 1. The molecule has 162 valence electrons. The Bertz CT molecular complexity index is 849. The van der Waals surface area contributed by atoms with E-state index < -0.39 is 16.1 Å². The van der Waals surface area contributed by atoms with Crippen LogP contribution in [0.2, 0.25) is 0 Å². The van der Waals surface area contributed by atoms with Gasteiger partial charge in [0, 0.05) is 18.6 Å². The zero-order valence-electron chi connectivity index (χ0n) is 17.5. The molecule has 1 atom stereocenters. The van der Waals surface area contributed by atoms with Crippen molar-refractivity contribution in [1.82, 2.24) is 5.32 Å². The number of hydrogen-bond acceptors (Lipinski definition) is 7. The molecule has 2 rings (SSSR count). The number of carbonyl (C=O) groups is 2. The van der Waals surface area contributed by atoms with Gasteiger partial charge in [-0.1, -0.05) is 44.2 Å². The molecular weight excluding hydrogens is 406 g/mol. The Morgan fingerprint density at radius 3 is 2.47 bits per heavy atom. The van der Waals surface area contributed by atoms with E-state index in [0.717, 1.165) is 12.8 Å². The van der Waals surface area contributed by atoms with Crippen molar-refractivity contribution in [3.63, 3.8) is 0 Å². The third-order valence-corrected chi connectivity index (χ3v) is 5.59. The van der Waals surface area contributed by atoms with Gasteiger partial charge < -0.3 is 10.1 Å². The summed E-state index contributed by atoms with van der Waals surface area (Å²) in [5.74, 6) is -0.595. The Morgan fingerprint density at radius 1 is 1.20 bits per heavy atom. The van der Waals surface area contributed by atoms with Crippen LogP contribution < -0.4 is 5.32 Å². The third kappa shape index (κ3) is 6.16. The molecule has 1 aromatic carbocycles. The number of benzene rings is 1. The molecule has 0 fully saturated rings. The van der Waals surface area contributed by atoms with E-state index >= 15 is 0 Å². The number of ether oxygens (including phenoxy) is 1. The van der Waals surface area contributed by atoms with Crippen molar-refractivity contribution < 1.29 is 19.2 Å². The number of carbonyl (C=O) groups excluding carboxylic acids is 2. The van der Waals surface area contributed by atoms with E-state index in [1.807, 2.05) is 13.8 Å². The Balaban J connectivity index is 2.50. The monoisotopic (exact) mass is 433 g/mol. The molecule has 1 aromatic rings. The summed E-state index contributed by atoms with van der Waals surface area (Å²) < 4.78 is 5.29. The summed E-state index contributed by atoms with van der Waals surface area (Å²) in [5, 5.41) is 13.8. The van der Waals surface area contributed by atoms with Crippen LogP contribution in [0.4, 0.5) is 5.69 Å². The standard InChI is InChI=1S/C21H27N3O5S/c1-4-7-9-16-18(20(26)29-6-3)19(14-10-12-15(13-11-14)24(27)28)30-21(22-16)23-17(25)8-5-2/h10-13,19H,4-9H2,1-3H3,(H,22,23,25). The van der Waals surface area contributed by atoms with Gasteiger partial charge in [-0.3, -0.25) is 14.9 Å². The number of rotatable bonds is 9. The maximum absolute atomic E-state index is 12.8. The molecule has 1 aliphatic rings. The van der Waals surface area contributed by atoms with Gasteiger partial charge in [0.15, 0.2) is 5.17 Å². The van der Waals surface area contributed by atoms with E-state index in [9.17, 15) is 19.7 Å². The van der Waals surface area contributed by atoms with Crippen molar-refractivity contribution in [3.05, 3.63) is 51.2 Å². The number of hydrogen-bond donors (Lipinski definition) is 1. The molecule has 0 bridgehead atoms. The number of nitrogens with one attached hydrogen (secondary N) is 1. The lowest BCUT2D eigenvalue weighted by atomic mass is 9.99. The molecule has 8 nitrogen and oxygen atoms in total. The Kier molecular flexibility index (Phi) is 9.04. The average molecular weight is 434 g/mol. The van der Waals surface area contributed by atoms with Crippen LogP contribution in [0.15, 0.2) is 40.5 Å². The normalized spacial score (nSPS) is 16.1. The fourth-order valence-electron chi connectivity index (χ4n) is 2.97. The van der Waals surface area contributed by atoms with E-state index in [1.54, 1.807) is 19.1 Å². The lowest BCUT2D eigenvalue weighted by Crippen LogP contribution is -2.31. The van der Waals surface area contributed by atoms with Crippen LogP contribution in [0, 0.1) is 10.1 Å². The predicted octanol–water partition coefficient (Wildman–Crippen LogP) is 4.66. The second-order valence-corrected chi connectivity index (χ2v) is 7.84. The van der Waals surface area contributed by atoms with Crippen molar-refractivity contribution >= 4 is 34.5 Å². The number of allylic oxidation sites excluding steroid dienone is 1. The van der Waals surface area contributed by atoms with E-state index in [1.165, 1.54) is 23.9 Å². The first-order chi connectivity index (χ1) is 14.4. The lowest BCUT2D eigenvalue weighted by Gasteiger charge is -2.26. The van der Waals surface area contributed by atoms with Crippen molar-refractivity contribution in [3.8, 4) is 0 Å². The van der Waals surface area contributed by atoms with Crippen LogP contribution in [0.1, 0.15) is 63.7 Å². The molecule has 1 heterocycles. The van der Waals surface area contributed by atoms with Crippen molar-refractivity contribution in [2.24, 2.45) is 4.99 Å². The summed E-state index contributed by atoms with van der Waals surface area (Å²) in [7, 11) is 0. The van der Waals surface area contributed by atoms with Gasteiger partial charge in [0.25, 0.3) is 5.69 Å². The maximum atomic E-state index is 12.8. The molecule has 0 aliphatic carbocycles. The van der Waals surface area contributed by atoms with E-state index in [0.29, 0.717) is 41.3 Å². The quantitative estimate of drug-likeness (QED) is 0.344. The first kappa shape index (κ1) is 23.6. The highest BCUT2D eigenvalue weighted by Gasteiger charge is 2.33. The SMILES string of the molecule is CCCCC1=C(C(=O)OCC)C(c2ccc([N+](=O)[O-])cc2)SC(NC(=O)CCC)=N1. The number of nitro groups is 1. The number of nitro benzene ring substituents is 1. The summed E-state index contributed by atoms with van der Waals surface area (Å²) in [6.45, 7) is 5.93. The summed E-state index contributed by atoms with van der Waals surface area (Å²) >= 11 is 1.24. The Morgan fingerprint density at radius 2 is 1.90 bits per heavy atom. The third-order valence-electron chi connectivity index (χ3n) is 4.43. The molecule has 0 spiro atoms. The molecule has 0 radical (unpaired) electrons.